The fourth-order valence-corrected chi connectivity index (χ4v) is 9.93. The smallest absolute Gasteiger partial charge is 0.412 e. The van der Waals surface area contributed by atoms with Crippen molar-refractivity contribution < 1.29 is 48.3 Å². The Morgan fingerprint density at radius 1 is 0.984 bits per heavy atom. The van der Waals surface area contributed by atoms with Crippen LogP contribution in [0.5, 0.6) is 11.5 Å². The minimum absolute atomic E-state index is 0.0276. The van der Waals surface area contributed by atoms with E-state index < -0.39 is 36.2 Å². The van der Waals surface area contributed by atoms with E-state index in [0.29, 0.717) is 43.2 Å². The summed E-state index contributed by atoms with van der Waals surface area (Å²) in [5.74, 6) is -1.09. The molecule has 5 rings (SSSR count). The molecule has 1 aromatic rings. The number of likely N-dealkylation sites (N-methyl/N-ethyl adjacent to an activating group) is 1. The number of amides is 2. The molecule has 0 spiro atoms. The third kappa shape index (κ3) is 13.0. The number of aliphatic hydroxyl groups is 2. The molecule has 342 valence electrons. The number of hydrogen-bond acceptors (Lipinski definition) is 11. The first-order valence-electron chi connectivity index (χ1n) is 23.4. The molecule has 61 heavy (non-hydrogen) atoms. The molecule has 13 heteroatoms. The third-order valence-corrected chi connectivity index (χ3v) is 13.0. The van der Waals surface area contributed by atoms with Crippen LogP contribution in [0, 0.1) is 17.8 Å². The molecule has 1 saturated carbocycles. The molecule has 0 aromatic heterocycles. The van der Waals surface area contributed by atoms with Gasteiger partial charge in [-0.1, -0.05) is 94.9 Å². The number of ether oxygens (including phenoxy) is 5. The lowest BCUT2D eigenvalue weighted by Gasteiger charge is -2.59. The van der Waals surface area contributed by atoms with Crippen molar-refractivity contribution in [1.29, 1.82) is 0 Å². The predicted molar refractivity (Wildman–Crippen MR) is 236 cm³/mol. The van der Waals surface area contributed by atoms with Gasteiger partial charge in [-0.05, 0) is 80.6 Å². The first-order valence-corrected chi connectivity index (χ1v) is 23.4. The number of nitrogens with zero attached hydrogens (tertiary/aromatic N) is 2. The van der Waals surface area contributed by atoms with Gasteiger partial charge >= 0.3 is 12.2 Å². The number of allylic oxidation sites excluding steroid dienone is 1. The van der Waals surface area contributed by atoms with E-state index in [0.717, 1.165) is 75.3 Å². The van der Waals surface area contributed by atoms with Crippen molar-refractivity contribution in [2.45, 2.75) is 159 Å². The SMILES string of the molecule is C=CCO[C@@]12Oc3ccc(OC(=O)NCCCCCCCCCCCC)cc3[C@H]3[C@H](CCCCO)[C@@H](CCCCO)C=C(C(=NOC4CCCCO4)C[C@@H]1N(C)C(=O)OC)[C@H]32. The molecule has 4 aliphatic rings. The number of oxime groups is 1. The summed E-state index contributed by atoms with van der Waals surface area (Å²) in [6.45, 7) is 7.68. The van der Waals surface area contributed by atoms with Gasteiger partial charge in [-0.25, -0.2) is 9.59 Å². The molecule has 2 aliphatic carbocycles. The van der Waals surface area contributed by atoms with Crippen molar-refractivity contribution in [2.75, 3.05) is 47.1 Å². The van der Waals surface area contributed by atoms with E-state index in [2.05, 4.69) is 24.9 Å². The molecule has 3 N–H and O–H groups in total. The van der Waals surface area contributed by atoms with E-state index in [4.69, 9.17) is 33.7 Å². The number of unbranched alkanes of at least 4 members (excludes halogenated alkanes) is 11. The van der Waals surface area contributed by atoms with Crippen molar-refractivity contribution in [3.05, 3.63) is 48.1 Å². The van der Waals surface area contributed by atoms with Crippen LogP contribution in [0.25, 0.3) is 0 Å². The summed E-state index contributed by atoms with van der Waals surface area (Å²) in [6.07, 6.45) is 22.0. The minimum Gasteiger partial charge on any atom is -0.459 e. The number of nitrogens with one attached hydrogen (secondary N) is 1. The Morgan fingerprint density at radius 2 is 1.70 bits per heavy atom. The maximum absolute atomic E-state index is 13.5. The highest BCUT2D eigenvalue weighted by Gasteiger charge is 2.65. The van der Waals surface area contributed by atoms with Crippen LogP contribution in [0.3, 0.4) is 0 Å². The van der Waals surface area contributed by atoms with Crippen LogP contribution in [0.2, 0.25) is 0 Å². The lowest BCUT2D eigenvalue weighted by atomic mass is 9.55. The average molecular weight is 854 g/mol. The van der Waals surface area contributed by atoms with Crippen molar-refractivity contribution in [3.63, 3.8) is 0 Å². The van der Waals surface area contributed by atoms with Gasteiger partial charge < -0.3 is 49.0 Å². The van der Waals surface area contributed by atoms with Crippen LogP contribution in [-0.2, 0) is 19.0 Å². The zero-order chi connectivity index (χ0) is 43.5. The summed E-state index contributed by atoms with van der Waals surface area (Å²) in [5.41, 5.74) is 2.46. The zero-order valence-electron chi connectivity index (χ0n) is 37.3. The van der Waals surface area contributed by atoms with Gasteiger partial charge in [-0.2, -0.15) is 0 Å². The van der Waals surface area contributed by atoms with Crippen LogP contribution in [0.15, 0.2) is 47.7 Å². The Hall–Kier alpha value is -3.65. The normalized spacial score (nSPS) is 26.0. The Kier molecular flexibility index (Phi) is 20.2. The predicted octanol–water partition coefficient (Wildman–Crippen LogP) is 9.55. The van der Waals surface area contributed by atoms with E-state index in [-0.39, 0.29) is 44.0 Å². The molecule has 1 aromatic carbocycles. The topological polar surface area (TPSA) is 158 Å². The van der Waals surface area contributed by atoms with Gasteiger partial charge in [0.15, 0.2) is 0 Å². The fraction of sp³-hybridized carbons (Fsp3) is 0.729. The van der Waals surface area contributed by atoms with Crippen molar-refractivity contribution in [1.82, 2.24) is 10.2 Å². The van der Waals surface area contributed by atoms with Crippen LogP contribution in [0.4, 0.5) is 9.59 Å². The highest BCUT2D eigenvalue weighted by atomic mass is 16.8. The molecule has 1 saturated heterocycles. The summed E-state index contributed by atoms with van der Waals surface area (Å²) in [7, 11) is 3.04. The summed E-state index contributed by atoms with van der Waals surface area (Å²) >= 11 is 0. The second-order valence-electron chi connectivity index (χ2n) is 17.3. The fourth-order valence-electron chi connectivity index (χ4n) is 9.93. The van der Waals surface area contributed by atoms with Crippen LogP contribution in [-0.4, -0.2) is 98.3 Å². The molecule has 2 fully saturated rings. The van der Waals surface area contributed by atoms with Gasteiger partial charge in [0.05, 0.1) is 32.0 Å². The number of hydrogen-bond donors (Lipinski definition) is 3. The van der Waals surface area contributed by atoms with Crippen molar-refractivity contribution in [2.24, 2.45) is 22.9 Å². The van der Waals surface area contributed by atoms with Crippen molar-refractivity contribution in [3.8, 4) is 11.5 Å². The first kappa shape index (κ1) is 48.4. The lowest BCUT2D eigenvalue weighted by molar-refractivity contribution is -0.253. The molecule has 13 nitrogen and oxygen atoms in total. The number of fused-ring (bicyclic) bond motifs is 2. The molecule has 2 amide bonds. The Bertz CT molecular complexity index is 1580. The van der Waals surface area contributed by atoms with Gasteiger partial charge in [-0.3, -0.25) is 0 Å². The van der Waals surface area contributed by atoms with E-state index >= 15 is 0 Å². The lowest BCUT2D eigenvalue weighted by Crippen LogP contribution is -2.69. The van der Waals surface area contributed by atoms with Crippen molar-refractivity contribution >= 4 is 17.9 Å². The number of carbonyl (C=O) groups is 2. The number of benzene rings is 1. The molecule has 7 atom stereocenters. The highest BCUT2D eigenvalue weighted by molar-refractivity contribution is 6.03. The molecule has 2 heterocycles. The molecule has 0 bridgehead atoms. The molecular formula is C48H75N3O10. The van der Waals surface area contributed by atoms with Gasteiger partial charge in [0.1, 0.15) is 17.5 Å². The van der Waals surface area contributed by atoms with E-state index in [1.807, 2.05) is 12.1 Å². The molecular weight excluding hydrogens is 779 g/mol. The third-order valence-electron chi connectivity index (χ3n) is 13.0. The number of carbonyl (C=O) groups excluding carboxylic acids is 2. The molecule has 1 unspecified atom stereocenters. The van der Waals surface area contributed by atoms with E-state index in [1.165, 1.54) is 57.0 Å². The maximum Gasteiger partial charge on any atom is 0.412 e. The van der Waals surface area contributed by atoms with E-state index in [1.54, 1.807) is 19.2 Å². The monoisotopic (exact) mass is 854 g/mol. The molecule has 2 aliphatic heterocycles. The second kappa shape index (κ2) is 25.5. The molecule has 0 radical (unpaired) electrons. The second-order valence-corrected chi connectivity index (χ2v) is 17.3. The van der Waals surface area contributed by atoms with Gasteiger partial charge in [0.25, 0.3) is 0 Å². The largest absolute Gasteiger partial charge is 0.459 e. The Balaban J connectivity index is 1.49. The van der Waals surface area contributed by atoms with E-state index in [9.17, 15) is 19.8 Å². The quantitative estimate of drug-likeness (QED) is 0.0466. The minimum atomic E-state index is -1.40. The summed E-state index contributed by atoms with van der Waals surface area (Å²) in [5, 5.41) is 27.5. The average Bonchev–Trinajstić information content (AvgIpc) is 3.27. The standard InChI is InChI=1S/C48H75N3O10/c1-5-7-8-9-10-11-12-13-14-18-27-49-46(54)59-36-25-26-41-39(33-36)44-37(23-16-20-29-53)35(22-15-19-28-52)32-38-40(50-61-43-24-17-21-31-57-43)34-42(51(3)47(55)56-4)48(60-41,45(38)44)58-30-6-2/h6,25-26,32-33,35,37,42-45,52-53H,2,5,7-24,27-31,34H2,1,3-4H3,(H,49,54)/t35-,37+,42-,43?,44+,45+,48+/m0/s1. The van der Waals surface area contributed by atoms with Gasteiger partial charge in [-0.15, -0.1) is 6.58 Å². The zero-order valence-corrected chi connectivity index (χ0v) is 37.3. The first-order chi connectivity index (χ1) is 29.8. The van der Waals surface area contributed by atoms with Crippen LogP contribution < -0.4 is 14.8 Å². The van der Waals surface area contributed by atoms with Gasteiger partial charge in [0, 0.05) is 51.1 Å². The van der Waals surface area contributed by atoms with Crippen LogP contribution in [0.1, 0.15) is 147 Å². The maximum atomic E-state index is 13.5. The summed E-state index contributed by atoms with van der Waals surface area (Å²) in [6, 6.07) is 4.79. The number of aliphatic hydroxyl groups excluding tert-OH is 2. The number of methoxy groups -OCH3 is 1. The Morgan fingerprint density at radius 3 is 2.38 bits per heavy atom. The van der Waals surface area contributed by atoms with Gasteiger partial charge in [0.2, 0.25) is 12.1 Å². The summed E-state index contributed by atoms with van der Waals surface area (Å²) in [4.78, 5) is 34.3. The summed E-state index contributed by atoms with van der Waals surface area (Å²) < 4.78 is 31.2. The highest BCUT2D eigenvalue weighted by Crippen LogP contribution is 2.61. The number of rotatable bonds is 26. The Labute approximate surface area is 364 Å². The van der Waals surface area contributed by atoms with Crippen LogP contribution >= 0.6 is 0 Å².